The van der Waals surface area contributed by atoms with Gasteiger partial charge in [0.1, 0.15) is 0 Å². The first-order valence-corrected chi connectivity index (χ1v) is 5.25. The third-order valence-electron chi connectivity index (χ3n) is 2.90. The first-order chi connectivity index (χ1) is 7.20. The number of hydrogen-bond donors (Lipinski definition) is 1. The van der Waals surface area contributed by atoms with Crippen molar-refractivity contribution in [2.24, 2.45) is 5.73 Å². The van der Waals surface area contributed by atoms with E-state index in [1.165, 1.54) is 11.3 Å². The summed E-state index contributed by atoms with van der Waals surface area (Å²) in [5.41, 5.74) is 9.02. The number of nitrogens with zero attached hydrogens (tertiary/aromatic N) is 1. The quantitative estimate of drug-likeness (QED) is 0.790. The van der Waals surface area contributed by atoms with E-state index in [0.717, 1.165) is 18.5 Å². The summed E-state index contributed by atoms with van der Waals surface area (Å²) < 4.78 is 0. The van der Waals surface area contributed by atoms with Gasteiger partial charge in [-0.3, -0.25) is 4.79 Å². The minimum absolute atomic E-state index is 0.0984. The fourth-order valence-corrected chi connectivity index (χ4v) is 2.03. The summed E-state index contributed by atoms with van der Waals surface area (Å²) in [5.74, 6) is 0.0984. The maximum Gasteiger partial charge on any atom is 0.150 e. The summed E-state index contributed by atoms with van der Waals surface area (Å²) in [6.07, 6.45) is 1.55. The van der Waals surface area contributed by atoms with E-state index in [4.69, 9.17) is 5.73 Å². The second-order valence-corrected chi connectivity index (χ2v) is 4.05. The number of anilines is 1. The average Bonchev–Trinajstić information content (AvgIpc) is 2.60. The van der Waals surface area contributed by atoms with E-state index in [0.29, 0.717) is 6.42 Å². The molecular formula is C12H16N2O. The van der Waals surface area contributed by atoms with Gasteiger partial charge in [0, 0.05) is 25.7 Å². The SMILES string of the molecule is CN1CCc2cc(CC(=O)CN)ccc21. The third-order valence-corrected chi connectivity index (χ3v) is 2.90. The molecule has 15 heavy (non-hydrogen) atoms. The van der Waals surface area contributed by atoms with Gasteiger partial charge in [-0.1, -0.05) is 12.1 Å². The average molecular weight is 204 g/mol. The molecule has 0 saturated heterocycles. The van der Waals surface area contributed by atoms with Crippen LogP contribution in [0.5, 0.6) is 0 Å². The fourth-order valence-electron chi connectivity index (χ4n) is 2.03. The number of carbonyl (C=O) groups excluding carboxylic acids is 1. The third kappa shape index (κ3) is 2.02. The standard InChI is InChI=1S/C12H16N2O/c1-14-5-4-10-6-9(2-3-12(10)14)7-11(15)8-13/h2-3,6H,4-5,7-8,13H2,1H3. The molecule has 80 valence electrons. The molecule has 0 aliphatic carbocycles. The number of fused-ring (bicyclic) bond motifs is 1. The zero-order chi connectivity index (χ0) is 10.8. The normalized spacial score (nSPS) is 14.1. The molecule has 0 bridgehead atoms. The van der Waals surface area contributed by atoms with E-state index < -0.39 is 0 Å². The Labute approximate surface area is 89.9 Å². The van der Waals surface area contributed by atoms with Crippen LogP contribution in [0.1, 0.15) is 11.1 Å². The van der Waals surface area contributed by atoms with Gasteiger partial charge < -0.3 is 10.6 Å². The minimum Gasteiger partial charge on any atom is -0.374 e. The number of hydrogen-bond acceptors (Lipinski definition) is 3. The predicted octanol–water partition coefficient (Wildman–Crippen LogP) is 0.749. The van der Waals surface area contributed by atoms with Crippen molar-refractivity contribution in [1.82, 2.24) is 0 Å². The van der Waals surface area contributed by atoms with Gasteiger partial charge in [0.2, 0.25) is 0 Å². The summed E-state index contributed by atoms with van der Waals surface area (Å²) >= 11 is 0. The first-order valence-electron chi connectivity index (χ1n) is 5.25. The zero-order valence-electron chi connectivity index (χ0n) is 8.99. The van der Waals surface area contributed by atoms with Crippen LogP contribution in [0.2, 0.25) is 0 Å². The van der Waals surface area contributed by atoms with E-state index in [9.17, 15) is 4.79 Å². The lowest BCUT2D eigenvalue weighted by Gasteiger charge is -2.11. The maximum atomic E-state index is 11.2. The van der Waals surface area contributed by atoms with Crippen molar-refractivity contribution in [2.75, 3.05) is 25.0 Å². The molecule has 1 aliphatic rings. The molecule has 2 N–H and O–H groups in total. The highest BCUT2D eigenvalue weighted by molar-refractivity contribution is 5.82. The van der Waals surface area contributed by atoms with Gasteiger partial charge in [-0.25, -0.2) is 0 Å². The van der Waals surface area contributed by atoms with E-state index >= 15 is 0 Å². The second kappa shape index (κ2) is 4.03. The van der Waals surface area contributed by atoms with Crippen LogP contribution >= 0.6 is 0 Å². The Morgan fingerprint density at radius 2 is 2.33 bits per heavy atom. The molecule has 0 saturated carbocycles. The van der Waals surface area contributed by atoms with Crippen molar-refractivity contribution < 1.29 is 4.79 Å². The van der Waals surface area contributed by atoms with Gasteiger partial charge in [-0.05, 0) is 23.6 Å². The largest absolute Gasteiger partial charge is 0.374 e. The molecule has 1 heterocycles. The highest BCUT2D eigenvalue weighted by Gasteiger charge is 2.15. The van der Waals surface area contributed by atoms with Crippen molar-refractivity contribution in [3.8, 4) is 0 Å². The molecule has 1 aliphatic heterocycles. The Balaban J connectivity index is 2.19. The molecule has 0 aromatic heterocycles. The Bertz CT molecular complexity index is 387. The molecule has 3 heteroatoms. The smallest absolute Gasteiger partial charge is 0.150 e. The summed E-state index contributed by atoms with van der Waals surface area (Å²) in [7, 11) is 2.09. The lowest BCUT2D eigenvalue weighted by molar-refractivity contribution is -0.117. The van der Waals surface area contributed by atoms with Crippen molar-refractivity contribution in [3.05, 3.63) is 29.3 Å². The second-order valence-electron chi connectivity index (χ2n) is 4.05. The number of ketones is 1. The van der Waals surface area contributed by atoms with Crippen LogP contribution in [0.4, 0.5) is 5.69 Å². The molecule has 0 unspecified atom stereocenters. The number of carbonyl (C=O) groups is 1. The molecule has 0 spiro atoms. The predicted molar refractivity (Wildman–Crippen MR) is 61.2 cm³/mol. The van der Waals surface area contributed by atoms with Crippen LogP contribution in [0.15, 0.2) is 18.2 Å². The van der Waals surface area contributed by atoms with Crippen LogP contribution in [-0.2, 0) is 17.6 Å². The number of rotatable bonds is 3. The van der Waals surface area contributed by atoms with E-state index in [-0.39, 0.29) is 12.3 Å². The van der Waals surface area contributed by atoms with Crippen LogP contribution < -0.4 is 10.6 Å². The topological polar surface area (TPSA) is 46.3 Å². The van der Waals surface area contributed by atoms with Crippen LogP contribution in [-0.4, -0.2) is 25.9 Å². The zero-order valence-corrected chi connectivity index (χ0v) is 8.99. The first kappa shape index (κ1) is 10.2. The van der Waals surface area contributed by atoms with Crippen molar-refractivity contribution in [3.63, 3.8) is 0 Å². The molecule has 1 aromatic carbocycles. The monoisotopic (exact) mass is 204 g/mol. The summed E-state index contributed by atoms with van der Waals surface area (Å²) in [6.45, 7) is 1.21. The molecule has 1 aromatic rings. The number of Topliss-reactive ketones (excluding diaryl/α,β-unsaturated/α-hetero) is 1. The van der Waals surface area contributed by atoms with Crippen molar-refractivity contribution in [1.29, 1.82) is 0 Å². The van der Waals surface area contributed by atoms with Crippen LogP contribution in [0.25, 0.3) is 0 Å². The Kier molecular flexibility index (Phi) is 2.73. The molecule has 0 amide bonds. The minimum atomic E-state index is 0.0984. The Morgan fingerprint density at radius 1 is 1.53 bits per heavy atom. The maximum absolute atomic E-state index is 11.2. The Morgan fingerprint density at radius 3 is 3.07 bits per heavy atom. The molecular weight excluding hydrogens is 188 g/mol. The lowest BCUT2D eigenvalue weighted by atomic mass is 10.0. The molecule has 0 fully saturated rings. The highest BCUT2D eigenvalue weighted by Crippen LogP contribution is 2.27. The van der Waals surface area contributed by atoms with Gasteiger partial charge in [0.15, 0.2) is 5.78 Å². The van der Waals surface area contributed by atoms with Crippen molar-refractivity contribution >= 4 is 11.5 Å². The number of nitrogens with two attached hydrogens (primary N) is 1. The summed E-state index contributed by atoms with van der Waals surface area (Å²) in [5, 5.41) is 0. The fraction of sp³-hybridized carbons (Fsp3) is 0.417. The van der Waals surface area contributed by atoms with Crippen LogP contribution in [0, 0.1) is 0 Å². The highest BCUT2D eigenvalue weighted by atomic mass is 16.1. The lowest BCUT2D eigenvalue weighted by Crippen LogP contribution is -2.15. The van der Waals surface area contributed by atoms with Gasteiger partial charge in [-0.15, -0.1) is 0 Å². The Hall–Kier alpha value is -1.35. The van der Waals surface area contributed by atoms with E-state index in [1.807, 2.05) is 6.07 Å². The molecule has 2 rings (SSSR count). The van der Waals surface area contributed by atoms with Gasteiger partial charge in [0.05, 0.1) is 6.54 Å². The molecule has 3 nitrogen and oxygen atoms in total. The number of likely N-dealkylation sites (N-methyl/N-ethyl adjacent to an activating group) is 1. The summed E-state index contributed by atoms with van der Waals surface area (Å²) in [6, 6.07) is 6.25. The van der Waals surface area contributed by atoms with Crippen molar-refractivity contribution in [2.45, 2.75) is 12.8 Å². The number of benzene rings is 1. The van der Waals surface area contributed by atoms with Gasteiger partial charge in [-0.2, -0.15) is 0 Å². The molecule has 0 radical (unpaired) electrons. The summed E-state index contributed by atoms with van der Waals surface area (Å²) in [4.78, 5) is 13.5. The van der Waals surface area contributed by atoms with Crippen LogP contribution in [0.3, 0.4) is 0 Å². The van der Waals surface area contributed by atoms with E-state index in [2.05, 4.69) is 24.1 Å². The van der Waals surface area contributed by atoms with E-state index in [1.54, 1.807) is 0 Å². The molecule has 0 atom stereocenters. The van der Waals surface area contributed by atoms with Gasteiger partial charge in [0.25, 0.3) is 0 Å². The van der Waals surface area contributed by atoms with Gasteiger partial charge >= 0.3 is 0 Å².